The molecule has 1 saturated heterocycles. The molecule has 0 radical (unpaired) electrons. The molecule has 5 heteroatoms. The van der Waals surface area contributed by atoms with E-state index in [0.717, 1.165) is 53.8 Å². The third-order valence-corrected chi connectivity index (χ3v) is 5.80. The van der Waals surface area contributed by atoms with Crippen molar-refractivity contribution in [2.24, 2.45) is 0 Å². The van der Waals surface area contributed by atoms with E-state index in [1.54, 1.807) is 0 Å². The summed E-state index contributed by atoms with van der Waals surface area (Å²) in [4.78, 5) is 23.0. The predicted molar refractivity (Wildman–Crippen MR) is 128 cm³/mol. The van der Waals surface area contributed by atoms with Gasteiger partial charge in [0.25, 0.3) is 0 Å². The minimum atomic E-state index is -0.0668. The van der Waals surface area contributed by atoms with Gasteiger partial charge in [0.1, 0.15) is 0 Å². The molecule has 0 bridgehead atoms. The number of aromatic nitrogens is 1. The highest BCUT2D eigenvalue weighted by Gasteiger charge is 2.20. The van der Waals surface area contributed by atoms with Crippen LogP contribution in [0.4, 0.5) is 11.4 Å². The lowest BCUT2D eigenvalue weighted by atomic mass is 10.1. The summed E-state index contributed by atoms with van der Waals surface area (Å²) in [5, 5.41) is 5.81. The Balaban J connectivity index is 1.76. The van der Waals surface area contributed by atoms with Crippen molar-refractivity contribution in [3.8, 4) is 0 Å². The lowest BCUT2D eigenvalue weighted by Gasteiger charge is -2.38. The molecule has 1 aromatic heterocycles. The third kappa shape index (κ3) is 4.26. The zero-order valence-electron chi connectivity index (χ0n) is 18.7. The zero-order valence-corrected chi connectivity index (χ0v) is 18.7. The van der Waals surface area contributed by atoms with Crippen LogP contribution in [0.2, 0.25) is 0 Å². The molecule has 1 N–H and O–H groups in total. The molecular formula is C25H32N4O. The average molecular weight is 405 g/mol. The standard InChI is InChI=1S/C25H32N4O/c1-17(2)28-10-12-29(13-11-28)20-15-22-23(26-16-20)9-7-18-6-8-19(27-25(3,4)5)14-21(18)24(22)30/h6-9,14-17,27H,10-13H2,1-5H3. The van der Waals surface area contributed by atoms with Crippen LogP contribution in [0.15, 0.2) is 47.4 Å². The van der Waals surface area contributed by atoms with Crippen LogP contribution in [0.25, 0.3) is 21.7 Å². The van der Waals surface area contributed by atoms with Gasteiger partial charge in [-0.3, -0.25) is 14.7 Å². The molecule has 30 heavy (non-hydrogen) atoms. The monoisotopic (exact) mass is 404 g/mol. The molecule has 0 unspecified atom stereocenters. The van der Waals surface area contributed by atoms with Crippen LogP contribution in [-0.4, -0.2) is 47.6 Å². The first-order chi connectivity index (χ1) is 14.2. The van der Waals surface area contributed by atoms with Gasteiger partial charge in [-0.2, -0.15) is 0 Å². The molecule has 0 saturated carbocycles. The molecule has 3 aromatic rings. The molecule has 0 spiro atoms. The fourth-order valence-corrected chi connectivity index (χ4v) is 4.17. The van der Waals surface area contributed by atoms with Crippen molar-refractivity contribution >= 4 is 33.1 Å². The highest BCUT2D eigenvalue weighted by molar-refractivity contribution is 5.94. The maximum absolute atomic E-state index is 13.5. The van der Waals surface area contributed by atoms with Gasteiger partial charge in [-0.05, 0) is 64.3 Å². The molecule has 4 rings (SSSR count). The molecule has 0 aliphatic carbocycles. The second-order valence-electron chi connectivity index (χ2n) is 9.58. The van der Waals surface area contributed by atoms with E-state index in [2.05, 4.69) is 54.7 Å². The summed E-state index contributed by atoms with van der Waals surface area (Å²) in [5.41, 5.74) is 2.71. The first kappa shape index (κ1) is 20.6. The Morgan fingerprint density at radius 2 is 1.67 bits per heavy atom. The fourth-order valence-electron chi connectivity index (χ4n) is 4.17. The number of fused-ring (bicyclic) bond motifs is 2. The molecule has 158 valence electrons. The van der Waals surface area contributed by atoms with Crippen molar-refractivity contribution < 1.29 is 0 Å². The summed E-state index contributed by atoms with van der Waals surface area (Å²) in [6.07, 6.45) is 1.91. The van der Waals surface area contributed by atoms with E-state index in [4.69, 9.17) is 0 Å². The molecule has 1 aliphatic rings. The molecule has 1 fully saturated rings. The van der Waals surface area contributed by atoms with E-state index in [9.17, 15) is 4.79 Å². The summed E-state index contributed by atoms with van der Waals surface area (Å²) in [6.45, 7) is 14.8. The highest BCUT2D eigenvalue weighted by atomic mass is 16.1. The van der Waals surface area contributed by atoms with Gasteiger partial charge in [-0.25, -0.2) is 0 Å². The Morgan fingerprint density at radius 1 is 0.967 bits per heavy atom. The van der Waals surface area contributed by atoms with E-state index >= 15 is 0 Å². The minimum absolute atomic E-state index is 0.0396. The Kier molecular flexibility index (Phi) is 5.41. The van der Waals surface area contributed by atoms with E-state index in [-0.39, 0.29) is 11.0 Å². The smallest absolute Gasteiger partial charge is 0.195 e. The lowest BCUT2D eigenvalue weighted by Crippen LogP contribution is -2.48. The van der Waals surface area contributed by atoms with Crippen LogP contribution >= 0.6 is 0 Å². The van der Waals surface area contributed by atoms with Crippen molar-refractivity contribution in [2.75, 3.05) is 36.4 Å². The molecule has 0 amide bonds. The summed E-state index contributed by atoms with van der Waals surface area (Å²) >= 11 is 0. The minimum Gasteiger partial charge on any atom is -0.380 e. The van der Waals surface area contributed by atoms with Gasteiger partial charge >= 0.3 is 0 Å². The number of pyridine rings is 1. The van der Waals surface area contributed by atoms with Crippen molar-refractivity contribution in [2.45, 2.75) is 46.2 Å². The number of hydrogen-bond acceptors (Lipinski definition) is 5. The van der Waals surface area contributed by atoms with E-state index in [0.29, 0.717) is 11.4 Å². The van der Waals surface area contributed by atoms with Gasteiger partial charge in [0, 0.05) is 48.8 Å². The Bertz CT molecular complexity index is 1130. The first-order valence-electron chi connectivity index (χ1n) is 10.9. The largest absolute Gasteiger partial charge is 0.380 e. The van der Waals surface area contributed by atoms with Crippen molar-refractivity contribution in [3.63, 3.8) is 0 Å². The molecule has 1 aliphatic heterocycles. The van der Waals surface area contributed by atoms with Crippen LogP contribution in [0.1, 0.15) is 34.6 Å². The van der Waals surface area contributed by atoms with Crippen LogP contribution in [-0.2, 0) is 0 Å². The quantitative estimate of drug-likeness (QED) is 0.697. The number of piperazine rings is 1. The average Bonchev–Trinajstić information content (AvgIpc) is 2.83. The van der Waals surface area contributed by atoms with Crippen LogP contribution < -0.4 is 15.6 Å². The molecule has 0 atom stereocenters. The SMILES string of the molecule is CC(C)N1CCN(c2cnc3ccc4ccc(NC(C)(C)C)cc4c(=O)c3c2)CC1. The first-order valence-corrected chi connectivity index (χ1v) is 10.9. The molecular weight excluding hydrogens is 372 g/mol. The molecule has 2 heterocycles. The number of hydrogen-bond donors (Lipinski definition) is 1. The van der Waals surface area contributed by atoms with Crippen molar-refractivity contribution in [1.29, 1.82) is 0 Å². The number of anilines is 2. The van der Waals surface area contributed by atoms with E-state index in [1.165, 1.54) is 0 Å². The van der Waals surface area contributed by atoms with E-state index < -0.39 is 0 Å². The van der Waals surface area contributed by atoms with Crippen molar-refractivity contribution in [1.82, 2.24) is 9.88 Å². The number of rotatable bonds is 3. The number of nitrogens with one attached hydrogen (secondary N) is 1. The Hall–Kier alpha value is -2.66. The number of benzene rings is 1. The zero-order chi connectivity index (χ0) is 21.5. The van der Waals surface area contributed by atoms with Gasteiger partial charge in [0.2, 0.25) is 0 Å². The second-order valence-corrected chi connectivity index (χ2v) is 9.58. The Labute approximate surface area is 178 Å². The van der Waals surface area contributed by atoms with Crippen LogP contribution in [0.3, 0.4) is 0 Å². The normalized spacial score (nSPS) is 15.9. The third-order valence-electron chi connectivity index (χ3n) is 5.80. The van der Waals surface area contributed by atoms with Crippen LogP contribution in [0.5, 0.6) is 0 Å². The van der Waals surface area contributed by atoms with Gasteiger partial charge in [0.05, 0.1) is 22.8 Å². The maximum Gasteiger partial charge on any atom is 0.195 e. The van der Waals surface area contributed by atoms with Gasteiger partial charge in [-0.15, -0.1) is 0 Å². The van der Waals surface area contributed by atoms with E-state index in [1.807, 2.05) is 42.6 Å². The summed E-state index contributed by atoms with van der Waals surface area (Å²) in [7, 11) is 0. The van der Waals surface area contributed by atoms with Gasteiger partial charge < -0.3 is 10.2 Å². The topological polar surface area (TPSA) is 48.5 Å². The van der Waals surface area contributed by atoms with Gasteiger partial charge in [-0.1, -0.05) is 12.1 Å². The summed E-state index contributed by atoms with van der Waals surface area (Å²) < 4.78 is 0. The predicted octanol–water partition coefficient (Wildman–Crippen LogP) is 4.49. The lowest BCUT2D eigenvalue weighted by molar-refractivity contribution is 0.209. The summed E-state index contributed by atoms with van der Waals surface area (Å²) in [6, 6.07) is 12.6. The second kappa shape index (κ2) is 7.88. The van der Waals surface area contributed by atoms with Gasteiger partial charge in [0.15, 0.2) is 5.43 Å². The summed E-state index contributed by atoms with van der Waals surface area (Å²) in [5.74, 6) is 0. The Morgan fingerprint density at radius 3 is 2.33 bits per heavy atom. The number of nitrogens with zero attached hydrogens (tertiary/aromatic N) is 3. The molecule has 5 nitrogen and oxygen atoms in total. The van der Waals surface area contributed by atoms with Crippen LogP contribution in [0, 0.1) is 0 Å². The van der Waals surface area contributed by atoms with Crippen molar-refractivity contribution in [3.05, 3.63) is 52.8 Å². The fraction of sp³-hybridized carbons (Fsp3) is 0.440. The maximum atomic E-state index is 13.5. The molecule has 2 aromatic carbocycles. The highest BCUT2D eigenvalue weighted by Crippen LogP contribution is 2.24.